The van der Waals surface area contributed by atoms with Crippen molar-refractivity contribution in [1.82, 2.24) is 15.1 Å². The van der Waals surface area contributed by atoms with Crippen LogP contribution >= 0.6 is 0 Å². The summed E-state index contributed by atoms with van der Waals surface area (Å²) in [6.45, 7) is 2.13. The van der Waals surface area contributed by atoms with Crippen molar-refractivity contribution >= 4 is 5.97 Å². The van der Waals surface area contributed by atoms with E-state index in [2.05, 4.69) is 15.1 Å². The van der Waals surface area contributed by atoms with Crippen LogP contribution in [0.1, 0.15) is 28.2 Å². The minimum absolute atomic E-state index is 0.338. The molecule has 24 heavy (non-hydrogen) atoms. The van der Waals surface area contributed by atoms with E-state index in [4.69, 9.17) is 9.26 Å². The SMILES string of the molecule is Cc1noc(-c2ccc(C(=O)OCCCc3cccnc3)cc2)n1. The number of pyridine rings is 1. The molecule has 6 heteroatoms. The lowest BCUT2D eigenvalue weighted by molar-refractivity contribution is 0.0500. The Morgan fingerprint density at radius 1 is 1.21 bits per heavy atom. The first-order valence-electron chi connectivity index (χ1n) is 7.69. The van der Waals surface area contributed by atoms with Crippen molar-refractivity contribution in [2.75, 3.05) is 6.61 Å². The van der Waals surface area contributed by atoms with E-state index in [1.807, 2.05) is 18.3 Å². The molecule has 0 unspecified atom stereocenters. The molecule has 1 aromatic carbocycles. The molecule has 0 aliphatic rings. The molecule has 0 amide bonds. The highest BCUT2D eigenvalue weighted by atomic mass is 16.5. The summed E-state index contributed by atoms with van der Waals surface area (Å²) in [4.78, 5) is 20.2. The van der Waals surface area contributed by atoms with Crippen molar-refractivity contribution < 1.29 is 14.1 Å². The molecule has 0 N–H and O–H groups in total. The van der Waals surface area contributed by atoms with Crippen molar-refractivity contribution in [3.05, 3.63) is 65.7 Å². The van der Waals surface area contributed by atoms with Gasteiger partial charge in [-0.25, -0.2) is 4.79 Å². The Bertz CT molecular complexity index is 798. The second kappa shape index (κ2) is 7.50. The Morgan fingerprint density at radius 2 is 2.04 bits per heavy atom. The first kappa shape index (κ1) is 15.9. The lowest BCUT2D eigenvalue weighted by Crippen LogP contribution is -2.07. The number of esters is 1. The summed E-state index contributed by atoms with van der Waals surface area (Å²) in [7, 11) is 0. The fourth-order valence-corrected chi connectivity index (χ4v) is 2.23. The van der Waals surface area contributed by atoms with Crippen LogP contribution in [0.2, 0.25) is 0 Å². The molecule has 6 nitrogen and oxygen atoms in total. The molecule has 0 saturated heterocycles. The van der Waals surface area contributed by atoms with Crippen molar-refractivity contribution in [3.63, 3.8) is 0 Å². The van der Waals surface area contributed by atoms with Gasteiger partial charge >= 0.3 is 5.97 Å². The zero-order chi connectivity index (χ0) is 16.8. The average Bonchev–Trinajstić information content (AvgIpc) is 3.06. The summed E-state index contributed by atoms with van der Waals surface area (Å²) < 4.78 is 10.4. The second-order valence-corrected chi connectivity index (χ2v) is 5.32. The summed E-state index contributed by atoms with van der Waals surface area (Å²) in [6, 6.07) is 10.8. The van der Waals surface area contributed by atoms with Crippen LogP contribution in [-0.4, -0.2) is 27.7 Å². The first-order valence-corrected chi connectivity index (χ1v) is 7.69. The predicted molar refractivity (Wildman–Crippen MR) is 87.3 cm³/mol. The molecule has 0 radical (unpaired) electrons. The molecule has 0 bridgehead atoms. The first-order chi connectivity index (χ1) is 11.7. The Hall–Kier alpha value is -3.02. The molecule has 2 aromatic heterocycles. The zero-order valence-corrected chi connectivity index (χ0v) is 13.3. The maximum Gasteiger partial charge on any atom is 0.338 e. The minimum Gasteiger partial charge on any atom is -0.462 e. The van der Waals surface area contributed by atoms with Crippen molar-refractivity contribution in [2.24, 2.45) is 0 Å². The lowest BCUT2D eigenvalue weighted by Gasteiger charge is -2.05. The van der Waals surface area contributed by atoms with E-state index < -0.39 is 0 Å². The molecular weight excluding hydrogens is 306 g/mol. The largest absolute Gasteiger partial charge is 0.462 e. The Kier molecular flexibility index (Phi) is 4.96. The van der Waals surface area contributed by atoms with E-state index in [0.717, 1.165) is 24.0 Å². The van der Waals surface area contributed by atoms with E-state index in [1.165, 1.54) is 0 Å². The number of ether oxygens (including phenoxy) is 1. The van der Waals surface area contributed by atoms with Crippen LogP contribution < -0.4 is 0 Å². The number of rotatable bonds is 6. The van der Waals surface area contributed by atoms with Crippen LogP contribution in [0.4, 0.5) is 0 Å². The van der Waals surface area contributed by atoms with E-state index >= 15 is 0 Å². The number of hydrogen-bond donors (Lipinski definition) is 0. The molecule has 2 heterocycles. The van der Waals surface area contributed by atoms with Crippen LogP contribution in [-0.2, 0) is 11.2 Å². The van der Waals surface area contributed by atoms with Crippen molar-refractivity contribution in [2.45, 2.75) is 19.8 Å². The molecule has 3 rings (SSSR count). The third-order valence-electron chi connectivity index (χ3n) is 3.46. The van der Waals surface area contributed by atoms with Crippen LogP contribution in [0.3, 0.4) is 0 Å². The predicted octanol–water partition coefficient (Wildman–Crippen LogP) is 3.23. The van der Waals surface area contributed by atoms with Crippen LogP contribution in [0.5, 0.6) is 0 Å². The van der Waals surface area contributed by atoms with Gasteiger partial charge in [-0.15, -0.1) is 0 Å². The number of aromatic nitrogens is 3. The number of carbonyl (C=O) groups excluding carboxylic acids is 1. The van der Waals surface area contributed by atoms with Crippen LogP contribution in [0.25, 0.3) is 11.5 Å². The van der Waals surface area contributed by atoms with Gasteiger partial charge in [0.2, 0.25) is 0 Å². The quantitative estimate of drug-likeness (QED) is 0.512. The van der Waals surface area contributed by atoms with Gasteiger partial charge in [-0.3, -0.25) is 4.98 Å². The van der Waals surface area contributed by atoms with Gasteiger partial charge in [0.25, 0.3) is 5.89 Å². The highest BCUT2D eigenvalue weighted by Gasteiger charge is 2.10. The van der Waals surface area contributed by atoms with Gasteiger partial charge in [-0.2, -0.15) is 4.98 Å². The number of nitrogens with zero attached hydrogens (tertiary/aromatic N) is 3. The third-order valence-corrected chi connectivity index (χ3v) is 3.46. The fraction of sp³-hybridized carbons (Fsp3) is 0.222. The number of benzene rings is 1. The third kappa shape index (κ3) is 4.04. The zero-order valence-electron chi connectivity index (χ0n) is 13.3. The smallest absolute Gasteiger partial charge is 0.338 e. The average molecular weight is 323 g/mol. The highest BCUT2D eigenvalue weighted by molar-refractivity contribution is 5.89. The van der Waals surface area contributed by atoms with Gasteiger partial charge in [0, 0.05) is 18.0 Å². The Balaban J connectivity index is 1.50. The normalized spacial score (nSPS) is 10.5. The highest BCUT2D eigenvalue weighted by Crippen LogP contribution is 2.18. The van der Waals surface area contributed by atoms with E-state index in [9.17, 15) is 4.79 Å². The number of hydrogen-bond acceptors (Lipinski definition) is 6. The number of carbonyl (C=O) groups is 1. The molecular formula is C18H17N3O3. The monoisotopic (exact) mass is 323 g/mol. The van der Waals surface area contributed by atoms with Gasteiger partial charge in [0.05, 0.1) is 12.2 Å². The van der Waals surface area contributed by atoms with E-state index in [0.29, 0.717) is 23.9 Å². The van der Waals surface area contributed by atoms with Crippen LogP contribution in [0, 0.1) is 6.92 Å². The minimum atomic E-state index is -0.338. The Labute approximate surface area is 139 Å². The molecule has 0 aliphatic heterocycles. The Morgan fingerprint density at radius 3 is 2.71 bits per heavy atom. The standard InChI is InChI=1S/C18H17N3O3/c1-13-20-17(24-21-13)15-6-8-16(9-7-15)18(22)23-11-3-5-14-4-2-10-19-12-14/h2,4,6-10,12H,3,5,11H2,1H3. The summed E-state index contributed by atoms with van der Waals surface area (Å²) in [5.74, 6) is 0.667. The molecule has 122 valence electrons. The van der Waals surface area contributed by atoms with Gasteiger partial charge in [0.1, 0.15) is 0 Å². The summed E-state index contributed by atoms with van der Waals surface area (Å²) >= 11 is 0. The fourth-order valence-electron chi connectivity index (χ4n) is 2.23. The lowest BCUT2D eigenvalue weighted by atomic mass is 10.1. The second-order valence-electron chi connectivity index (χ2n) is 5.32. The molecule has 0 aliphatic carbocycles. The van der Waals surface area contributed by atoms with Crippen molar-refractivity contribution in [1.29, 1.82) is 0 Å². The van der Waals surface area contributed by atoms with Crippen LogP contribution in [0.15, 0.2) is 53.3 Å². The summed E-state index contributed by atoms with van der Waals surface area (Å²) in [6.07, 6.45) is 5.15. The van der Waals surface area contributed by atoms with Gasteiger partial charge in [-0.1, -0.05) is 11.2 Å². The molecule has 0 saturated carbocycles. The molecule has 0 spiro atoms. The van der Waals surface area contributed by atoms with E-state index in [1.54, 1.807) is 37.4 Å². The van der Waals surface area contributed by atoms with Gasteiger partial charge < -0.3 is 9.26 Å². The number of aryl methyl sites for hydroxylation is 2. The summed E-state index contributed by atoms with van der Waals surface area (Å²) in [5, 5.41) is 3.74. The maximum absolute atomic E-state index is 12.0. The van der Waals surface area contributed by atoms with E-state index in [-0.39, 0.29) is 5.97 Å². The van der Waals surface area contributed by atoms with Crippen molar-refractivity contribution in [3.8, 4) is 11.5 Å². The van der Waals surface area contributed by atoms with Gasteiger partial charge in [0.15, 0.2) is 5.82 Å². The molecule has 3 aromatic rings. The summed E-state index contributed by atoms with van der Waals surface area (Å²) in [5.41, 5.74) is 2.40. The molecule has 0 atom stereocenters. The topological polar surface area (TPSA) is 78.1 Å². The van der Waals surface area contributed by atoms with Gasteiger partial charge in [-0.05, 0) is 55.7 Å². The molecule has 0 fully saturated rings. The maximum atomic E-state index is 12.0.